The Morgan fingerprint density at radius 2 is 1.80 bits per heavy atom. The summed E-state index contributed by atoms with van der Waals surface area (Å²) >= 11 is 1.30. The van der Waals surface area contributed by atoms with Crippen molar-refractivity contribution in [2.75, 3.05) is 13.2 Å². The van der Waals surface area contributed by atoms with Gasteiger partial charge in [0.05, 0.1) is 17.2 Å². The Kier molecular flexibility index (Phi) is 7.87. The van der Waals surface area contributed by atoms with Crippen LogP contribution in [-0.4, -0.2) is 29.1 Å². The van der Waals surface area contributed by atoms with E-state index in [0.29, 0.717) is 47.0 Å². The van der Waals surface area contributed by atoms with Gasteiger partial charge in [0.15, 0.2) is 16.7 Å². The first-order chi connectivity index (χ1) is 17.0. The fourth-order valence-electron chi connectivity index (χ4n) is 3.61. The molecule has 0 N–H and O–H groups in total. The Balaban J connectivity index is 1.56. The zero-order valence-corrected chi connectivity index (χ0v) is 20.8. The zero-order chi connectivity index (χ0) is 24.8. The standard InChI is InChI=1S/C28H27FN2O3S/c1-4-31-27(32)26(35-28(31)30-23-12-10-22(29)11-13-23)17-20-9-14-24(25(16-20)33-5-2)34-18-21-8-6-7-19(3)15-21/h6-17H,4-5,18H2,1-3H3/b26-17+,30-28?. The molecule has 1 saturated heterocycles. The predicted molar refractivity (Wildman–Crippen MR) is 140 cm³/mol. The summed E-state index contributed by atoms with van der Waals surface area (Å²) in [5.41, 5.74) is 3.68. The van der Waals surface area contributed by atoms with Crippen molar-refractivity contribution < 1.29 is 18.7 Å². The molecule has 4 rings (SSSR count). The Bertz CT molecular complexity index is 1270. The molecule has 1 fully saturated rings. The highest BCUT2D eigenvalue weighted by Gasteiger charge is 2.32. The summed E-state index contributed by atoms with van der Waals surface area (Å²) in [6, 6.07) is 19.7. The maximum Gasteiger partial charge on any atom is 0.266 e. The third kappa shape index (κ3) is 6.11. The van der Waals surface area contributed by atoms with E-state index in [2.05, 4.69) is 24.0 Å². The van der Waals surface area contributed by atoms with Crippen LogP contribution in [0.15, 0.2) is 76.6 Å². The van der Waals surface area contributed by atoms with Crippen molar-refractivity contribution in [3.63, 3.8) is 0 Å². The van der Waals surface area contributed by atoms with E-state index in [4.69, 9.17) is 9.47 Å². The van der Waals surface area contributed by atoms with Gasteiger partial charge in [-0.3, -0.25) is 9.69 Å². The highest BCUT2D eigenvalue weighted by molar-refractivity contribution is 8.18. The molecule has 3 aromatic rings. The molecule has 7 heteroatoms. The summed E-state index contributed by atoms with van der Waals surface area (Å²) in [5, 5.41) is 0.568. The minimum Gasteiger partial charge on any atom is -0.490 e. The Morgan fingerprint density at radius 3 is 2.51 bits per heavy atom. The van der Waals surface area contributed by atoms with Crippen molar-refractivity contribution in [2.24, 2.45) is 4.99 Å². The number of hydrogen-bond donors (Lipinski definition) is 0. The summed E-state index contributed by atoms with van der Waals surface area (Å²) in [6.07, 6.45) is 1.83. The van der Waals surface area contributed by atoms with Crippen LogP contribution < -0.4 is 9.47 Å². The number of amidine groups is 1. The molecule has 1 heterocycles. The first-order valence-electron chi connectivity index (χ1n) is 11.5. The van der Waals surface area contributed by atoms with Crippen LogP contribution in [0, 0.1) is 12.7 Å². The molecule has 0 spiro atoms. The van der Waals surface area contributed by atoms with Gasteiger partial charge in [-0.1, -0.05) is 35.9 Å². The fourth-order valence-corrected chi connectivity index (χ4v) is 4.68. The minimum absolute atomic E-state index is 0.115. The number of benzene rings is 3. The van der Waals surface area contributed by atoms with Gasteiger partial charge in [0.1, 0.15) is 12.4 Å². The second-order valence-electron chi connectivity index (χ2n) is 7.95. The molecule has 0 aromatic heterocycles. The van der Waals surface area contributed by atoms with Crippen molar-refractivity contribution in [3.8, 4) is 11.5 Å². The van der Waals surface area contributed by atoms with E-state index in [1.165, 1.54) is 29.5 Å². The van der Waals surface area contributed by atoms with Crippen LogP contribution in [0.4, 0.5) is 10.1 Å². The van der Waals surface area contributed by atoms with E-state index in [-0.39, 0.29) is 11.7 Å². The van der Waals surface area contributed by atoms with Gasteiger partial charge in [0, 0.05) is 6.54 Å². The van der Waals surface area contributed by atoms with E-state index in [9.17, 15) is 9.18 Å². The number of halogens is 1. The largest absolute Gasteiger partial charge is 0.490 e. The number of rotatable bonds is 8. The van der Waals surface area contributed by atoms with Crippen LogP contribution in [-0.2, 0) is 11.4 Å². The molecule has 1 aliphatic rings. The van der Waals surface area contributed by atoms with E-state index in [1.54, 1.807) is 17.0 Å². The molecule has 0 unspecified atom stereocenters. The number of hydrogen-bond acceptors (Lipinski definition) is 5. The average Bonchev–Trinajstić information content (AvgIpc) is 3.13. The zero-order valence-electron chi connectivity index (χ0n) is 20.0. The number of thioether (sulfide) groups is 1. The van der Waals surface area contributed by atoms with Crippen molar-refractivity contribution in [2.45, 2.75) is 27.4 Å². The van der Waals surface area contributed by atoms with E-state index in [1.807, 2.05) is 50.3 Å². The lowest BCUT2D eigenvalue weighted by Crippen LogP contribution is -2.28. The maximum atomic E-state index is 13.2. The number of nitrogens with zero attached hydrogens (tertiary/aromatic N) is 2. The summed E-state index contributed by atoms with van der Waals surface area (Å²) in [7, 11) is 0. The highest BCUT2D eigenvalue weighted by Crippen LogP contribution is 2.36. The number of ether oxygens (including phenoxy) is 2. The average molecular weight is 491 g/mol. The first kappa shape index (κ1) is 24.5. The monoisotopic (exact) mass is 490 g/mol. The number of likely N-dealkylation sites (N-methyl/N-ethyl adjacent to an activating group) is 1. The molecule has 5 nitrogen and oxygen atoms in total. The normalized spacial score (nSPS) is 15.8. The molecule has 0 bridgehead atoms. The molecule has 0 saturated carbocycles. The number of aryl methyl sites for hydroxylation is 1. The Hall–Kier alpha value is -3.58. The minimum atomic E-state index is -0.326. The number of aliphatic imine (C=N–C) groups is 1. The van der Waals surface area contributed by atoms with Crippen molar-refractivity contribution in [3.05, 3.63) is 94.1 Å². The van der Waals surface area contributed by atoms with Crippen LogP contribution in [0.1, 0.15) is 30.5 Å². The molecule has 0 radical (unpaired) electrons. The number of carbonyl (C=O) groups excluding carboxylic acids is 1. The van der Waals surface area contributed by atoms with E-state index >= 15 is 0 Å². The van der Waals surface area contributed by atoms with Gasteiger partial charge in [-0.05, 0) is 86.1 Å². The van der Waals surface area contributed by atoms with Crippen LogP contribution in [0.25, 0.3) is 6.08 Å². The first-order valence-corrected chi connectivity index (χ1v) is 12.3. The number of amides is 1. The van der Waals surface area contributed by atoms with E-state index in [0.717, 1.165) is 11.1 Å². The van der Waals surface area contributed by atoms with Gasteiger partial charge < -0.3 is 9.47 Å². The fraction of sp³-hybridized carbons (Fsp3) is 0.214. The molecule has 1 amide bonds. The van der Waals surface area contributed by atoms with Crippen molar-refractivity contribution in [1.29, 1.82) is 0 Å². The molecule has 1 aliphatic heterocycles. The summed E-state index contributed by atoms with van der Waals surface area (Å²) in [6.45, 7) is 7.28. The van der Waals surface area contributed by atoms with Crippen molar-refractivity contribution in [1.82, 2.24) is 4.90 Å². The lowest BCUT2D eigenvalue weighted by atomic mass is 10.1. The summed E-state index contributed by atoms with van der Waals surface area (Å²) in [4.78, 5) is 19.7. The molecule has 35 heavy (non-hydrogen) atoms. The van der Waals surface area contributed by atoms with Gasteiger partial charge in [0.25, 0.3) is 5.91 Å². The lowest BCUT2D eigenvalue weighted by Gasteiger charge is -2.13. The van der Waals surface area contributed by atoms with Gasteiger partial charge in [-0.2, -0.15) is 0 Å². The Morgan fingerprint density at radius 1 is 1.00 bits per heavy atom. The summed E-state index contributed by atoms with van der Waals surface area (Å²) < 4.78 is 25.1. The van der Waals surface area contributed by atoms with Gasteiger partial charge >= 0.3 is 0 Å². The third-order valence-electron chi connectivity index (χ3n) is 5.30. The smallest absolute Gasteiger partial charge is 0.266 e. The van der Waals surface area contributed by atoms with Gasteiger partial charge in [-0.15, -0.1) is 0 Å². The van der Waals surface area contributed by atoms with Gasteiger partial charge in [-0.25, -0.2) is 9.38 Å². The molecule has 3 aromatic carbocycles. The van der Waals surface area contributed by atoms with Crippen LogP contribution in [0.3, 0.4) is 0 Å². The lowest BCUT2D eigenvalue weighted by molar-refractivity contribution is -0.122. The molecule has 0 atom stereocenters. The van der Waals surface area contributed by atoms with E-state index < -0.39 is 0 Å². The van der Waals surface area contributed by atoms with Gasteiger partial charge in [0.2, 0.25) is 0 Å². The second-order valence-corrected chi connectivity index (χ2v) is 8.96. The van der Waals surface area contributed by atoms with Crippen LogP contribution >= 0.6 is 11.8 Å². The topological polar surface area (TPSA) is 51.1 Å². The predicted octanol–water partition coefficient (Wildman–Crippen LogP) is 6.74. The second kappa shape index (κ2) is 11.2. The Labute approximate surface area is 209 Å². The molecule has 180 valence electrons. The summed E-state index contributed by atoms with van der Waals surface area (Å²) in [5.74, 6) is 0.830. The quantitative estimate of drug-likeness (QED) is 0.328. The van der Waals surface area contributed by atoms with Crippen molar-refractivity contribution >= 4 is 34.6 Å². The molecular weight excluding hydrogens is 463 g/mol. The molecule has 0 aliphatic carbocycles. The third-order valence-corrected chi connectivity index (χ3v) is 6.30. The molecular formula is C28H27FN2O3S. The van der Waals surface area contributed by atoms with Crippen LogP contribution in [0.2, 0.25) is 0 Å². The SMILES string of the molecule is CCOc1cc(/C=C2/SC(=Nc3ccc(F)cc3)N(CC)C2=O)ccc1OCc1cccc(C)c1. The van der Waals surface area contributed by atoms with Crippen LogP contribution in [0.5, 0.6) is 11.5 Å². The number of carbonyl (C=O) groups is 1. The maximum absolute atomic E-state index is 13.2. The highest BCUT2D eigenvalue weighted by atomic mass is 32.2.